The number of rotatable bonds is 6. The molecule has 1 amide bonds. The molecule has 6 heteroatoms. The van der Waals surface area contributed by atoms with E-state index >= 15 is 0 Å². The van der Waals surface area contributed by atoms with E-state index in [-0.39, 0.29) is 5.91 Å². The van der Waals surface area contributed by atoms with E-state index < -0.39 is 0 Å². The first kappa shape index (κ1) is 19.0. The van der Waals surface area contributed by atoms with E-state index in [0.29, 0.717) is 17.1 Å². The molecule has 1 aliphatic rings. The molecule has 2 aromatic carbocycles. The maximum atomic E-state index is 12.0. The normalized spacial score (nSPS) is 15.1. The highest BCUT2D eigenvalue weighted by molar-refractivity contribution is 6.30. The number of nitrogens with one attached hydrogen (secondary N) is 1. The van der Waals surface area contributed by atoms with Crippen LogP contribution in [0.5, 0.6) is 0 Å². The van der Waals surface area contributed by atoms with E-state index in [9.17, 15) is 4.79 Å². The summed E-state index contributed by atoms with van der Waals surface area (Å²) in [4.78, 5) is 16.9. The smallest absolute Gasteiger partial charge is 0.251 e. The van der Waals surface area contributed by atoms with Gasteiger partial charge in [-0.25, -0.2) is 0 Å². The number of anilines is 1. The summed E-state index contributed by atoms with van der Waals surface area (Å²) in [5.74, 6) is -0.0470. The second-order valence-corrected chi connectivity index (χ2v) is 7.29. The van der Waals surface area contributed by atoms with Crippen LogP contribution in [0.2, 0.25) is 10.0 Å². The Morgan fingerprint density at radius 3 is 2.08 bits per heavy atom. The number of benzene rings is 2. The lowest BCUT2D eigenvalue weighted by Crippen LogP contribution is -2.47. The Morgan fingerprint density at radius 2 is 1.46 bits per heavy atom. The number of hydrogen-bond donors (Lipinski definition) is 1. The molecule has 0 radical (unpaired) electrons. The van der Waals surface area contributed by atoms with Crippen molar-refractivity contribution in [1.82, 2.24) is 10.2 Å². The summed E-state index contributed by atoms with van der Waals surface area (Å²) in [5, 5.41) is 4.38. The molecule has 0 aromatic heterocycles. The molecule has 1 aliphatic heterocycles. The first-order chi connectivity index (χ1) is 12.6. The van der Waals surface area contributed by atoms with Crippen LogP contribution >= 0.6 is 23.2 Å². The van der Waals surface area contributed by atoms with Crippen molar-refractivity contribution in [3.05, 3.63) is 64.1 Å². The number of nitrogens with zero attached hydrogens (tertiary/aromatic N) is 2. The van der Waals surface area contributed by atoms with Gasteiger partial charge in [-0.05, 0) is 61.5 Å². The topological polar surface area (TPSA) is 35.6 Å². The van der Waals surface area contributed by atoms with Gasteiger partial charge in [0.15, 0.2) is 0 Å². The molecule has 138 valence electrons. The van der Waals surface area contributed by atoms with Crippen molar-refractivity contribution in [1.29, 1.82) is 0 Å². The van der Waals surface area contributed by atoms with Gasteiger partial charge in [0.05, 0.1) is 0 Å². The first-order valence-corrected chi connectivity index (χ1v) is 9.64. The van der Waals surface area contributed by atoms with Gasteiger partial charge >= 0.3 is 0 Å². The number of piperazine rings is 1. The number of carbonyl (C=O) groups is 1. The van der Waals surface area contributed by atoms with E-state index in [2.05, 4.69) is 27.2 Å². The summed E-state index contributed by atoms with van der Waals surface area (Å²) >= 11 is 11.8. The zero-order valence-electron chi connectivity index (χ0n) is 14.6. The van der Waals surface area contributed by atoms with E-state index in [1.165, 1.54) is 5.69 Å². The molecule has 1 heterocycles. The summed E-state index contributed by atoms with van der Waals surface area (Å²) in [6.45, 7) is 5.77. The van der Waals surface area contributed by atoms with Gasteiger partial charge in [-0.1, -0.05) is 23.2 Å². The minimum absolute atomic E-state index is 0.0470. The zero-order valence-corrected chi connectivity index (χ0v) is 16.1. The number of carbonyl (C=O) groups excluding carboxylic acids is 1. The van der Waals surface area contributed by atoms with Gasteiger partial charge in [0.1, 0.15) is 0 Å². The second kappa shape index (κ2) is 9.26. The Balaban J connectivity index is 1.34. The van der Waals surface area contributed by atoms with Crippen molar-refractivity contribution >= 4 is 34.8 Å². The molecule has 1 N–H and O–H groups in total. The van der Waals surface area contributed by atoms with Crippen LogP contribution in [0.25, 0.3) is 0 Å². The van der Waals surface area contributed by atoms with Crippen molar-refractivity contribution in [3.8, 4) is 0 Å². The van der Waals surface area contributed by atoms with E-state index in [4.69, 9.17) is 23.2 Å². The fraction of sp³-hybridized carbons (Fsp3) is 0.350. The quantitative estimate of drug-likeness (QED) is 0.757. The fourth-order valence-electron chi connectivity index (χ4n) is 3.09. The maximum Gasteiger partial charge on any atom is 0.251 e. The lowest BCUT2D eigenvalue weighted by molar-refractivity contribution is 0.0951. The van der Waals surface area contributed by atoms with Gasteiger partial charge < -0.3 is 10.2 Å². The molecule has 0 saturated carbocycles. The minimum atomic E-state index is -0.0470. The summed E-state index contributed by atoms with van der Waals surface area (Å²) in [7, 11) is 0. The molecule has 0 atom stereocenters. The maximum absolute atomic E-state index is 12.0. The number of amides is 1. The number of halogens is 2. The Kier molecular flexibility index (Phi) is 6.78. The van der Waals surface area contributed by atoms with Crippen molar-refractivity contribution in [2.45, 2.75) is 6.42 Å². The predicted octanol–water partition coefficient (Wildman–Crippen LogP) is 3.94. The molecule has 26 heavy (non-hydrogen) atoms. The van der Waals surface area contributed by atoms with Gasteiger partial charge in [0, 0.05) is 54.0 Å². The van der Waals surface area contributed by atoms with Crippen LogP contribution in [0.3, 0.4) is 0 Å². The third-order valence-electron chi connectivity index (χ3n) is 4.61. The summed E-state index contributed by atoms with van der Waals surface area (Å²) in [5.41, 5.74) is 1.87. The zero-order chi connectivity index (χ0) is 18.4. The molecule has 1 saturated heterocycles. The summed E-state index contributed by atoms with van der Waals surface area (Å²) in [6, 6.07) is 15.0. The molecule has 0 bridgehead atoms. The van der Waals surface area contributed by atoms with Crippen molar-refractivity contribution in [2.75, 3.05) is 44.2 Å². The average molecular weight is 392 g/mol. The molecule has 3 rings (SSSR count). The first-order valence-electron chi connectivity index (χ1n) is 8.88. The van der Waals surface area contributed by atoms with Crippen LogP contribution in [0.15, 0.2) is 48.5 Å². The SMILES string of the molecule is O=C(NCCCN1CCN(c2ccc(Cl)cc2)CC1)c1ccc(Cl)cc1. The van der Waals surface area contributed by atoms with Gasteiger partial charge in [0.25, 0.3) is 5.91 Å². The highest BCUT2D eigenvalue weighted by Gasteiger charge is 2.16. The van der Waals surface area contributed by atoms with E-state index in [1.54, 1.807) is 24.3 Å². The molecule has 0 unspecified atom stereocenters. The molecule has 0 spiro atoms. The van der Waals surface area contributed by atoms with Crippen LogP contribution in [0.1, 0.15) is 16.8 Å². The monoisotopic (exact) mass is 391 g/mol. The summed E-state index contributed by atoms with van der Waals surface area (Å²) in [6.07, 6.45) is 0.945. The second-order valence-electron chi connectivity index (χ2n) is 6.42. The third-order valence-corrected chi connectivity index (χ3v) is 5.11. The van der Waals surface area contributed by atoms with Crippen LogP contribution < -0.4 is 10.2 Å². The van der Waals surface area contributed by atoms with Crippen molar-refractivity contribution in [2.24, 2.45) is 0 Å². The predicted molar refractivity (Wildman–Crippen MR) is 109 cm³/mol. The molecular weight excluding hydrogens is 369 g/mol. The molecular formula is C20H23Cl2N3O. The van der Waals surface area contributed by atoms with Gasteiger partial charge in [-0.2, -0.15) is 0 Å². The number of hydrogen-bond acceptors (Lipinski definition) is 3. The van der Waals surface area contributed by atoms with Gasteiger partial charge in [-0.15, -0.1) is 0 Å². The molecule has 0 aliphatic carbocycles. The lowest BCUT2D eigenvalue weighted by atomic mass is 10.2. The van der Waals surface area contributed by atoms with Crippen LogP contribution in [-0.4, -0.2) is 50.1 Å². The largest absolute Gasteiger partial charge is 0.369 e. The van der Waals surface area contributed by atoms with E-state index in [1.807, 2.05) is 12.1 Å². The van der Waals surface area contributed by atoms with Gasteiger partial charge in [-0.3, -0.25) is 9.69 Å². The fourth-order valence-corrected chi connectivity index (χ4v) is 3.34. The molecule has 1 fully saturated rings. The van der Waals surface area contributed by atoms with Crippen molar-refractivity contribution < 1.29 is 4.79 Å². The van der Waals surface area contributed by atoms with E-state index in [0.717, 1.165) is 44.2 Å². The molecule has 4 nitrogen and oxygen atoms in total. The highest BCUT2D eigenvalue weighted by Crippen LogP contribution is 2.19. The van der Waals surface area contributed by atoms with Crippen LogP contribution in [0.4, 0.5) is 5.69 Å². The Morgan fingerprint density at radius 1 is 0.885 bits per heavy atom. The lowest BCUT2D eigenvalue weighted by Gasteiger charge is -2.36. The molecule has 2 aromatic rings. The standard InChI is InChI=1S/C20H23Cl2N3O/c21-17-4-2-16(3-5-17)20(26)23-10-1-11-24-12-14-25(15-13-24)19-8-6-18(22)7-9-19/h2-9H,1,10-15H2,(H,23,26). The Labute approximate surface area is 164 Å². The van der Waals surface area contributed by atoms with Crippen LogP contribution in [0, 0.1) is 0 Å². The van der Waals surface area contributed by atoms with Crippen molar-refractivity contribution in [3.63, 3.8) is 0 Å². The Bertz CT molecular complexity index is 711. The van der Waals surface area contributed by atoms with Gasteiger partial charge in [0.2, 0.25) is 0 Å². The van der Waals surface area contributed by atoms with Crippen LogP contribution in [-0.2, 0) is 0 Å². The average Bonchev–Trinajstić information content (AvgIpc) is 2.67. The minimum Gasteiger partial charge on any atom is -0.369 e. The summed E-state index contributed by atoms with van der Waals surface area (Å²) < 4.78 is 0. The third kappa shape index (κ3) is 5.37. The highest BCUT2D eigenvalue weighted by atomic mass is 35.5. The Hall–Kier alpha value is -1.75.